The summed E-state index contributed by atoms with van der Waals surface area (Å²) in [7, 11) is 4.77. The van der Waals surface area contributed by atoms with Crippen LogP contribution in [-0.4, -0.2) is 26.4 Å². The third kappa shape index (κ3) is 2.61. The molecule has 0 fully saturated rings. The van der Waals surface area contributed by atoms with Gasteiger partial charge in [-0.25, -0.2) is 0 Å². The minimum atomic E-state index is -0.0417. The molecule has 0 saturated carbocycles. The van der Waals surface area contributed by atoms with E-state index in [1.807, 2.05) is 0 Å². The topological polar surface area (TPSA) is 47.9 Å². The van der Waals surface area contributed by atoms with Gasteiger partial charge in [0.25, 0.3) is 0 Å². The molecule has 0 bridgehead atoms. The molecule has 0 heterocycles. The molecule has 1 aromatic rings. The maximum Gasteiger partial charge on any atom is 0.128 e. The van der Waals surface area contributed by atoms with Crippen molar-refractivity contribution in [1.29, 1.82) is 0 Å². The van der Waals surface area contributed by atoms with Crippen LogP contribution >= 0.6 is 0 Å². The lowest BCUT2D eigenvalue weighted by molar-refractivity contribution is 0.178. The second kappa shape index (κ2) is 5.58. The smallest absolute Gasteiger partial charge is 0.128 e. The summed E-state index contributed by atoms with van der Waals surface area (Å²) < 4.78 is 15.5. The number of aliphatic hydroxyl groups excluding tert-OH is 1. The SMILES string of the molecule is COCc1c(OC)cc(CO)cc1OC. The van der Waals surface area contributed by atoms with Gasteiger partial charge in [0.15, 0.2) is 0 Å². The Bertz CT molecular complexity index is 297. The summed E-state index contributed by atoms with van der Waals surface area (Å²) in [5.74, 6) is 1.33. The van der Waals surface area contributed by atoms with Crippen LogP contribution in [0.1, 0.15) is 11.1 Å². The highest BCUT2D eigenvalue weighted by Crippen LogP contribution is 2.31. The van der Waals surface area contributed by atoms with E-state index in [2.05, 4.69) is 0 Å². The lowest BCUT2D eigenvalue weighted by Crippen LogP contribution is -2.00. The Morgan fingerprint density at radius 1 is 1.07 bits per heavy atom. The normalized spacial score (nSPS) is 10.1. The van der Waals surface area contributed by atoms with Crippen molar-refractivity contribution < 1.29 is 19.3 Å². The lowest BCUT2D eigenvalue weighted by atomic mass is 10.1. The summed E-state index contributed by atoms with van der Waals surface area (Å²) in [4.78, 5) is 0. The first-order chi connectivity index (χ1) is 7.26. The van der Waals surface area contributed by atoms with Gasteiger partial charge in [-0.1, -0.05) is 0 Å². The van der Waals surface area contributed by atoms with Crippen LogP contribution in [0.4, 0.5) is 0 Å². The first kappa shape index (κ1) is 11.8. The van der Waals surface area contributed by atoms with Gasteiger partial charge in [-0.05, 0) is 17.7 Å². The molecule has 0 amide bonds. The van der Waals surface area contributed by atoms with Crippen molar-refractivity contribution in [1.82, 2.24) is 0 Å². The summed E-state index contributed by atoms with van der Waals surface area (Å²) in [6.45, 7) is 0.373. The number of ether oxygens (including phenoxy) is 3. The average Bonchev–Trinajstić information content (AvgIpc) is 2.29. The molecule has 4 heteroatoms. The van der Waals surface area contributed by atoms with Gasteiger partial charge in [0, 0.05) is 7.11 Å². The van der Waals surface area contributed by atoms with Crippen LogP contribution in [0, 0.1) is 0 Å². The number of benzene rings is 1. The van der Waals surface area contributed by atoms with Gasteiger partial charge in [0.1, 0.15) is 11.5 Å². The summed E-state index contributed by atoms with van der Waals surface area (Å²) in [6.07, 6.45) is 0. The zero-order valence-corrected chi connectivity index (χ0v) is 9.24. The standard InChI is InChI=1S/C11H16O4/c1-13-7-9-10(14-2)4-8(6-12)5-11(9)15-3/h4-5,12H,6-7H2,1-3H3. The van der Waals surface area contributed by atoms with Gasteiger partial charge in [-0.3, -0.25) is 0 Å². The monoisotopic (exact) mass is 212 g/mol. The zero-order valence-electron chi connectivity index (χ0n) is 9.24. The van der Waals surface area contributed by atoms with E-state index in [4.69, 9.17) is 19.3 Å². The van der Waals surface area contributed by atoms with E-state index in [1.54, 1.807) is 33.5 Å². The minimum Gasteiger partial charge on any atom is -0.496 e. The first-order valence-corrected chi connectivity index (χ1v) is 4.60. The van der Waals surface area contributed by atoms with Crippen molar-refractivity contribution in [2.24, 2.45) is 0 Å². The van der Waals surface area contributed by atoms with E-state index in [1.165, 1.54) is 0 Å². The van der Waals surface area contributed by atoms with Gasteiger partial charge in [-0.15, -0.1) is 0 Å². The Morgan fingerprint density at radius 3 is 1.93 bits per heavy atom. The first-order valence-electron chi connectivity index (χ1n) is 4.60. The Morgan fingerprint density at radius 2 is 1.60 bits per heavy atom. The summed E-state index contributed by atoms with van der Waals surface area (Å²) in [5.41, 5.74) is 1.60. The van der Waals surface area contributed by atoms with Gasteiger partial charge >= 0.3 is 0 Å². The molecule has 0 atom stereocenters. The van der Waals surface area contributed by atoms with Crippen LogP contribution in [0.25, 0.3) is 0 Å². The summed E-state index contributed by atoms with van der Waals surface area (Å²) in [6, 6.07) is 3.55. The fraction of sp³-hybridized carbons (Fsp3) is 0.455. The van der Waals surface area contributed by atoms with Crippen molar-refractivity contribution in [3.8, 4) is 11.5 Å². The van der Waals surface area contributed by atoms with E-state index in [0.29, 0.717) is 18.1 Å². The molecule has 0 radical (unpaired) electrons. The molecule has 0 aliphatic carbocycles. The Hall–Kier alpha value is -1.26. The highest BCUT2D eigenvalue weighted by atomic mass is 16.5. The second-order valence-corrected chi connectivity index (χ2v) is 3.07. The van der Waals surface area contributed by atoms with Crippen LogP contribution in [-0.2, 0) is 18.0 Å². The number of hydrogen-bond acceptors (Lipinski definition) is 4. The van der Waals surface area contributed by atoms with Crippen molar-refractivity contribution in [3.63, 3.8) is 0 Å². The predicted molar refractivity (Wildman–Crippen MR) is 56.2 cm³/mol. The maximum absolute atomic E-state index is 9.06. The van der Waals surface area contributed by atoms with E-state index < -0.39 is 0 Å². The van der Waals surface area contributed by atoms with Crippen molar-refractivity contribution >= 4 is 0 Å². The molecule has 0 aliphatic heterocycles. The number of aliphatic hydroxyl groups is 1. The van der Waals surface area contributed by atoms with Gasteiger partial charge < -0.3 is 19.3 Å². The van der Waals surface area contributed by atoms with Crippen LogP contribution in [0.2, 0.25) is 0 Å². The van der Waals surface area contributed by atoms with E-state index in [0.717, 1.165) is 11.1 Å². The third-order valence-electron chi connectivity index (χ3n) is 2.14. The molecular formula is C11H16O4. The molecule has 4 nitrogen and oxygen atoms in total. The minimum absolute atomic E-state index is 0.0417. The van der Waals surface area contributed by atoms with E-state index >= 15 is 0 Å². The van der Waals surface area contributed by atoms with Crippen molar-refractivity contribution in [3.05, 3.63) is 23.3 Å². The number of methoxy groups -OCH3 is 3. The molecule has 0 saturated heterocycles. The zero-order chi connectivity index (χ0) is 11.3. The Kier molecular flexibility index (Phi) is 4.39. The molecule has 1 rings (SSSR count). The van der Waals surface area contributed by atoms with Crippen LogP contribution in [0.15, 0.2) is 12.1 Å². The molecule has 15 heavy (non-hydrogen) atoms. The fourth-order valence-electron chi connectivity index (χ4n) is 1.42. The van der Waals surface area contributed by atoms with Crippen LogP contribution in [0.5, 0.6) is 11.5 Å². The van der Waals surface area contributed by atoms with Crippen molar-refractivity contribution in [2.45, 2.75) is 13.2 Å². The van der Waals surface area contributed by atoms with Crippen LogP contribution in [0.3, 0.4) is 0 Å². The van der Waals surface area contributed by atoms with Crippen LogP contribution < -0.4 is 9.47 Å². The van der Waals surface area contributed by atoms with Gasteiger partial charge in [0.2, 0.25) is 0 Å². The Balaban J connectivity index is 3.19. The lowest BCUT2D eigenvalue weighted by Gasteiger charge is -2.14. The summed E-state index contributed by atoms with van der Waals surface area (Å²) >= 11 is 0. The Labute approximate surface area is 89.4 Å². The van der Waals surface area contributed by atoms with Crippen molar-refractivity contribution in [2.75, 3.05) is 21.3 Å². The predicted octanol–water partition coefficient (Wildman–Crippen LogP) is 1.34. The molecule has 0 spiro atoms. The molecule has 0 aromatic heterocycles. The third-order valence-corrected chi connectivity index (χ3v) is 2.14. The molecule has 1 aromatic carbocycles. The number of hydrogen-bond donors (Lipinski definition) is 1. The molecular weight excluding hydrogens is 196 g/mol. The fourth-order valence-corrected chi connectivity index (χ4v) is 1.42. The highest BCUT2D eigenvalue weighted by Gasteiger charge is 2.11. The maximum atomic E-state index is 9.06. The molecule has 0 aliphatic rings. The highest BCUT2D eigenvalue weighted by molar-refractivity contribution is 5.47. The van der Waals surface area contributed by atoms with E-state index in [-0.39, 0.29) is 6.61 Å². The second-order valence-electron chi connectivity index (χ2n) is 3.07. The van der Waals surface area contributed by atoms with Gasteiger partial charge in [-0.2, -0.15) is 0 Å². The molecule has 1 N–H and O–H groups in total. The molecule has 0 unspecified atom stereocenters. The summed E-state index contributed by atoms with van der Waals surface area (Å²) in [5, 5.41) is 9.06. The molecule has 84 valence electrons. The van der Waals surface area contributed by atoms with Gasteiger partial charge in [0.05, 0.1) is 33.0 Å². The average molecular weight is 212 g/mol. The largest absolute Gasteiger partial charge is 0.496 e. The van der Waals surface area contributed by atoms with E-state index in [9.17, 15) is 0 Å². The number of rotatable bonds is 5. The quantitative estimate of drug-likeness (QED) is 0.800.